The summed E-state index contributed by atoms with van der Waals surface area (Å²) in [5.41, 5.74) is 10.3. The van der Waals surface area contributed by atoms with Crippen molar-refractivity contribution in [1.29, 1.82) is 0 Å². The van der Waals surface area contributed by atoms with E-state index < -0.39 is 0 Å². The molecule has 0 amide bonds. The van der Waals surface area contributed by atoms with Crippen molar-refractivity contribution in [3.8, 4) is 0 Å². The molecule has 0 saturated heterocycles. The zero-order valence-electron chi connectivity index (χ0n) is 16.0. The van der Waals surface area contributed by atoms with E-state index in [1.54, 1.807) is 0 Å². The lowest BCUT2D eigenvalue weighted by Gasteiger charge is -2.22. The van der Waals surface area contributed by atoms with Crippen molar-refractivity contribution in [2.24, 2.45) is 0 Å². The molecule has 4 aromatic rings. The summed E-state index contributed by atoms with van der Waals surface area (Å²) in [7, 11) is 0. The molecular formula is C24H23N5. The zero-order chi connectivity index (χ0) is 19.9. The number of nitrogens with one attached hydrogen (secondary N) is 2. The summed E-state index contributed by atoms with van der Waals surface area (Å²) in [6, 6.07) is 30.6. The van der Waals surface area contributed by atoms with E-state index in [0.717, 1.165) is 16.7 Å². The molecule has 0 aliphatic carbocycles. The Balaban J connectivity index is 1.59. The van der Waals surface area contributed by atoms with Crippen LogP contribution in [0.1, 0.15) is 22.7 Å². The lowest BCUT2D eigenvalue weighted by atomic mass is 9.99. The molecule has 5 nitrogen and oxygen atoms in total. The Hall–Kier alpha value is -3.86. The maximum Gasteiger partial charge on any atom is 0.155 e. The van der Waals surface area contributed by atoms with Crippen molar-refractivity contribution in [2.45, 2.75) is 12.6 Å². The Morgan fingerprint density at radius 3 is 1.79 bits per heavy atom. The Morgan fingerprint density at radius 2 is 1.21 bits per heavy atom. The monoisotopic (exact) mass is 381 g/mol. The van der Waals surface area contributed by atoms with Crippen LogP contribution in [0.5, 0.6) is 0 Å². The second kappa shape index (κ2) is 8.89. The van der Waals surface area contributed by atoms with Gasteiger partial charge in [0.1, 0.15) is 12.0 Å². The molecule has 4 rings (SSSR count). The molecule has 0 saturated carbocycles. The molecule has 29 heavy (non-hydrogen) atoms. The first kappa shape index (κ1) is 18.5. The third kappa shape index (κ3) is 4.52. The van der Waals surface area contributed by atoms with Crippen LogP contribution in [0.4, 0.5) is 17.3 Å². The molecule has 0 spiro atoms. The summed E-state index contributed by atoms with van der Waals surface area (Å²) >= 11 is 0. The van der Waals surface area contributed by atoms with Gasteiger partial charge in [0.2, 0.25) is 0 Å². The Labute approximate surface area is 170 Å². The van der Waals surface area contributed by atoms with Crippen LogP contribution < -0.4 is 16.4 Å². The first-order valence-electron chi connectivity index (χ1n) is 9.56. The molecular weight excluding hydrogens is 358 g/mol. The number of nitrogens with zero attached hydrogens (tertiary/aromatic N) is 2. The smallest absolute Gasteiger partial charge is 0.155 e. The van der Waals surface area contributed by atoms with Gasteiger partial charge in [0.05, 0.1) is 6.04 Å². The maximum atomic E-state index is 6.40. The number of nitrogens with two attached hydrogens (primary N) is 1. The van der Waals surface area contributed by atoms with Gasteiger partial charge in [-0.2, -0.15) is 0 Å². The van der Waals surface area contributed by atoms with E-state index >= 15 is 0 Å². The van der Waals surface area contributed by atoms with Crippen LogP contribution in [0.3, 0.4) is 0 Å². The van der Waals surface area contributed by atoms with E-state index in [1.165, 1.54) is 6.33 Å². The number of hydrogen-bond acceptors (Lipinski definition) is 5. The number of nitrogen functional groups attached to an aromatic ring is 1. The van der Waals surface area contributed by atoms with Crippen molar-refractivity contribution in [2.75, 3.05) is 16.4 Å². The zero-order valence-corrected chi connectivity index (χ0v) is 16.0. The number of hydrogen-bond donors (Lipinski definition) is 3. The van der Waals surface area contributed by atoms with Gasteiger partial charge in [-0.3, -0.25) is 0 Å². The molecule has 0 unspecified atom stereocenters. The first-order valence-corrected chi connectivity index (χ1v) is 9.56. The summed E-state index contributed by atoms with van der Waals surface area (Å²) < 4.78 is 0. The van der Waals surface area contributed by atoms with Crippen molar-refractivity contribution in [3.63, 3.8) is 0 Å². The van der Waals surface area contributed by atoms with E-state index in [1.807, 2.05) is 54.6 Å². The van der Waals surface area contributed by atoms with Crippen molar-refractivity contribution >= 4 is 17.3 Å². The van der Waals surface area contributed by atoms with Gasteiger partial charge in [-0.25, -0.2) is 9.97 Å². The Morgan fingerprint density at radius 1 is 0.690 bits per heavy atom. The van der Waals surface area contributed by atoms with Gasteiger partial charge in [-0.05, 0) is 16.7 Å². The molecule has 0 aliphatic heterocycles. The predicted octanol–water partition coefficient (Wildman–Crippen LogP) is 4.87. The predicted molar refractivity (Wildman–Crippen MR) is 119 cm³/mol. The summed E-state index contributed by atoms with van der Waals surface area (Å²) in [5.74, 6) is 1.22. The minimum absolute atomic E-state index is 0.0726. The largest absolute Gasteiger partial charge is 0.393 e. The van der Waals surface area contributed by atoms with Crippen LogP contribution in [0.15, 0.2) is 97.3 Å². The Kier molecular flexibility index (Phi) is 5.67. The minimum Gasteiger partial charge on any atom is -0.393 e. The van der Waals surface area contributed by atoms with Crippen molar-refractivity contribution in [3.05, 3.63) is 114 Å². The fourth-order valence-corrected chi connectivity index (χ4v) is 3.22. The van der Waals surface area contributed by atoms with E-state index in [9.17, 15) is 0 Å². The highest BCUT2D eigenvalue weighted by atomic mass is 15.1. The number of aromatic nitrogens is 2. The van der Waals surface area contributed by atoms with Gasteiger partial charge in [0.15, 0.2) is 11.6 Å². The SMILES string of the molecule is Nc1c(NCc2ccccc2)ncnc1NC(c1ccccc1)c1ccccc1. The molecule has 1 heterocycles. The van der Waals surface area contributed by atoms with Crippen LogP contribution in [0.25, 0.3) is 0 Å². The van der Waals surface area contributed by atoms with Crippen molar-refractivity contribution in [1.82, 2.24) is 9.97 Å². The lowest BCUT2D eigenvalue weighted by Crippen LogP contribution is -2.16. The third-order valence-electron chi connectivity index (χ3n) is 4.73. The summed E-state index contributed by atoms with van der Waals surface area (Å²) in [6.45, 7) is 0.641. The minimum atomic E-state index is -0.0726. The molecule has 1 aromatic heterocycles. The van der Waals surface area contributed by atoms with Crippen LogP contribution in [0.2, 0.25) is 0 Å². The highest BCUT2D eigenvalue weighted by Gasteiger charge is 2.17. The van der Waals surface area contributed by atoms with E-state index in [0.29, 0.717) is 23.9 Å². The van der Waals surface area contributed by atoms with Gasteiger partial charge >= 0.3 is 0 Å². The fraction of sp³-hybridized carbons (Fsp3) is 0.0833. The van der Waals surface area contributed by atoms with Gasteiger partial charge in [-0.1, -0.05) is 91.0 Å². The highest BCUT2D eigenvalue weighted by molar-refractivity contribution is 5.74. The summed E-state index contributed by atoms with van der Waals surface area (Å²) in [6.07, 6.45) is 1.53. The second-order valence-electron chi connectivity index (χ2n) is 6.72. The van der Waals surface area contributed by atoms with E-state index in [4.69, 9.17) is 5.73 Å². The fourth-order valence-electron chi connectivity index (χ4n) is 3.22. The molecule has 4 N–H and O–H groups in total. The quantitative estimate of drug-likeness (QED) is 0.426. The Bertz CT molecular complexity index is 997. The summed E-state index contributed by atoms with van der Waals surface area (Å²) in [4.78, 5) is 8.72. The third-order valence-corrected chi connectivity index (χ3v) is 4.73. The first-order chi connectivity index (χ1) is 14.3. The maximum absolute atomic E-state index is 6.40. The molecule has 0 bridgehead atoms. The van der Waals surface area contributed by atoms with Crippen molar-refractivity contribution < 1.29 is 0 Å². The molecule has 5 heteroatoms. The molecule has 144 valence electrons. The molecule has 0 aliphatic rings. The van der Waals surface area contributed by atoms with Crippen LogP contribution in [-0.2, 0) is 6.54 Å². The van der Waals surface area contributed by atoms with E-state index in [-0.39, 0.29) is 6.04 Å². The van der Waals surface area contributed by atoms with E-state index in [2.05, 4.69) is 57.0 Å². The summed E-state index contributed by atoms with van der Waals surface area (Å²) in [5, 5.41) is 6.81. The number of rotatable bonds is 7. The average molecular weight is 381 g/mol. The van der Waals surface area contributed by atoms with Gasteiger partial charge in [0.25, 0.3) is 0 Å². The molecule has 3 aromatic carbocycles. The normalized spacial score (nSPS) is 10.7. The molecule has 0 fully saturated rings. The van der Waals surface area contributed by atoms with Gasteiger partial charge in [0, 0.05) is 6.54 Å². The molecule has 0 radical (unpaired) electrons. The topological polar surface area (TPSA) is 75.9 Å². The lowest BCUT2D eigenvalue weighted by molar-refractivity contribution is 0.923. The highest BCUT2D eigenvalue weighted by Crippen LogP contribution is 2.30. The number of anilines is 3. The average Bonchev–Trinajstić information content (AvgIpc) is 2.79. The van der Waals surface area contributed by atoms with Crippen LogP contribution in [0, 0.1) is 0 Å². The second-order valence-corrected chi connectivity index (χ2v) is 6.72. The van der Waals surface area contributed by atoms with Crippen LogP contribution >= 0.6 is 0 Å². The van der Waals surface area contributed by atoms with Gasteiger partial charge in [-0.15, -0.1) is 0 Å². The van der Waals surface area contributed by atoms with Gasteiger partial charge < -0.3 is 16.4 Å². The number of benzene rings is 3. The standard InChI is InChI=1S/C24H23N5/c25-21-23(26-16-18-10-4-1-5-11-18)27-17-28-24(21)29-22(19-12-6-2-7-13-19)20-14-8-3-9-15-20/h1-15,17,22H,16,25H2,(H2,26,27,28,29). The molecule has 0 atom stereocenters. The van der Waals surface area contributed by atoms with Crippen LogP contribution in [-0.4, -0.2) is 9.97 Å².